The van der Waals surface area contributed by atoms with Crippen molar-refractivity contribution in [2.45, 2.75) is 26.2 Å². The maximum atomic E-state index is 13.4. The van der Waals surface area contributed by atoms with Gasteiger partial charge in [0.05, 0.1) is 6.61 Å². The summed E-state index contributed by atoms with van der Waals surface area (Å²) in [6.45, 7) is 8.02. The zero-order valence-electron chi connectivity index (χ0n) is 15.1. The van der Waals surface area contributed by atoms with Crippen molar-refractivity contribution >= 4 is 29.9 Å². The third-order valence-electron chi connectivity index (χ3n) is 4.43. The lowest BCUT2D eigenvalue weighted by molar-refractivity contribution is 0.114. The Morgan fingerprint density at radius 3 is 2.80 bits per heavy atom. The molecule has 2 unspecified atom stereocenters. The van der Waals surface area contributed by atoms with Gasteiger partial charge in [0.15, 0.2) is 17.6 Å². The van der Waals surface area contributed by atoms with Crippen LogP contribution in [0.1, 0.15) is 31.7 Å². The second-order valence-electron chi connectivity index (χ2n) is 6.26. The van der Waals surface area contributed by atoms with Crippen molar-refractivity contribution in [1.29, 1.82) is 0 Å². The molecule has 1 aliphatic rings. The smallest absolute Gasteiger partial charge is 0.193 e. The molecule has 0 radical (unpaired) electrons. The maximum absolute atomic E-state index is 13.4. The average Bonchev–Trinajstić information content (AvgIpc) is 3.04. The standard InChI is InChI=1S/C18H27F2N3O.HI/c1-4-24-12-14-7-8-23(11-14)18(21-3)22-10-13(2)15-5-6-16(19)17(20)9-15;/h5-6,9,13-14H,4,7-8,10-12H2,1-3H3,(H,21,22);1H. The zero-order valence-corrected chi connectivity index (χ0v) is 17.4. The molecule has 1 aromatic rings. The van der Waals surface area contributed by atoms with Crippen LogP contribution in [-0.4, -0.2) is 50.8 Å². The van der Waals surface area contributed by atoms with Gasteiger partial charge < -0.3 is 15.0 Å². The Labute approximate surface area is 166 Å². The topological polar surface area (TPSA) is 36.9 Å². The lowest BCUT2D eigenvalue weighted by atomic mass is 10.0. The molecule has 2 rings (SSSR count). The fourth-order valence-corrected chi connectivity index (χ4v) is 2.96. The highest BCUT2D eigenvalue weighted by Crippen LogP contribution is 2.19. The molecule has 0 spiro atoms. The van der Waals surface area contributed by atoms with Gasteiger partial charge in [-0.2, -0.15) is 0 Å². The minimum Gasteiger partial charge on any atom is -0.381 e. The number of benzene rings is 1. The van der Waals surface area contributed by atoms with E-state index in [1.807, 2.05) is 13.8 Å². The predicted octanol–water partition coefficient (Wildman–Crippen LogP) is 3.62. The van der Waals surface area contributed by atoms with Gasteiger partial charge in [0.25, 0.3) is 0 Å². The van der Waals surface area contributed by atoms with Gasteiger partial charge >= 0.3 is 0 Å². The van der Waals surface area contributed by atoms with Gasteiger partial charge in [0, 0.05) is 39.2 Å². The third kappa shape index (κ3) is 6.36. The molecular weight excluding hydrogens is 439 g/mol. The molecule has 0 saturated carbocycles. The summed E-state index contributed by atoms with van der Waals surface area (Å²) >= 11 is 0. The number of nitrogens with one attached hydrogen (secondary N) is 1. The van der Waals surface area contributed by atoms with E-state index in [2.05, 4.69) is 15.2 Å². The normalized spacial score (nSPS) is 18.8. The summed E-state index contributed by atoms with van der Waals surface area (Å²) in [5.41, 5.74) is 0.771. The molecule has 1 aromatic carbocycles. The molecule has 2 atom stereocenters. The van der Waals surface area contributed by atoms with Crippen molar-refractivity contribution in [2.24, 2.45) is 10.9 Å². The van der Waals surface area contributed by atoms with E-state index in [-0.39, 0.29) is 29.9 Å². The largest absolute Gasteiger partial charge is 0.381 e. The van der Waals surface area contributed by atoms with Crippen molar-refractivity contribution in [2.75, 3.05) is 39.9 Å². The first-order chi connectivity index (χ1) is 11.5. The van der Waals surface area contributed by atoms with Crippen LogP contribution in [-0.2, 0) is 4.74 Å². The number of hydrogen-bond acceptors (Lipinski definition) is 2. The number of ether oxygens (including phenoxy) is 1. The molecular formula is C18H28F2IN3O. The fraction of sp³-hybridized carbons (Fsp3) is 0.611. The van der Waals surface area contributed by atoms with E-state index in [0.29, 0.717) is 12.5 Å². The number of rotatable bonds is 6. The molecule has 1 fully saturated rings. The minimum atomic E-state index is -0.813. The first kappa shape index (κ1) is 22.1. The number of hydrogen-bond donors (Lipinski definition) is 1. The van der Waals surface area contributed by atoms with E-state index < -0.39 is 11.6 Å². The molecule has 0 bridgehead atoms. The average molecular weight is 467 g/mol. The highest BCUT2D eigenvalue weighted by atomic mass is 127. The molecule has 1 saturated heterocycles. The van der Waals surface area contributed by atoms with Crippen molar-refractivity contribution in [1.82, 2.24) is 10.2 Å². The summed E-state index contributed by atoms with van der Waals surface area (Å²) in [6, 6.07) is 4.06. The number of halogens is 3. The second-order valence-corrected chi connectivity index (χ2v) is 6.26. The summed E-state index contributed by atoms with van der Waals surface area (Å²) in [5.74, 6) is -0.177. The number of nitrogens with zero attached hydrogens (tertiary/aromatic N) is 2. The van der Waals surface area contributed by atoms with Crippen molar-refractivity contribution in [3.63, 3.8) is 0 Å². The lowest BCUT2D eigenvalue weighted by Crippen LogP contribution is -2.41. The van der Waals surface area contributed by atoms with Gasteiger partial charge in [-0.25, -0.2) is 8.78 Å². The molecule has 7 heteroatoms. The molecule has 4 nitrogen and oxygen atoms in total. The van der Waals surface area contributed by atoms with E-state index in [1.54, 1.807) is 13.1 Å². The third-order valence-corrected chi connectivity index (χ3v) is 4.43. The molecule has 1 heterocycles. The van der Waals surface area contributed by atoms with E-state index in [0.717, 1.165) is 44.2 Å². The summed E-state index contributed by atoms with van der Waals surface area (Å²) in [4.78, 5) is 6.56. The Kier molecular flexibility index (Phi) is 9.63. The highest BCUT2D eigenvalue weighted by molar-refractivity contribution is 14.0. The summed E-state index contributed by atoms with van der Waals surface area (Å²) in [6.07, 6.45) is 1.10. The van der Waals surface area contributed by atoms with Crippen LogP contribution < -0.4 is 5.32 Å². The first-order valence-corrected chi connectivity index (χ1v) is 8.53. The highest BCUT2D eigenvalue weighted by Gasteiger charge is 2.25. The quantitative estimate of drug-likeness (QED) is 0.395. The fourth-order valence-electron chi connectivity index (χ4n) is 2.96. The van der Waals surface area contributed by atoms with E-state index in [4.69, 9.17) is 4.74 Å². The van der Waals surface area contributed by atoms with Gasteiger partial charge in [0.1, 0.15) is 0 Å². The van der Waals surface area contributed by atoms with Crippen LogP contribution in [0.5, 0.6) is 0 Å². The van der Waals surface area contributed by atoms with Crippen LogP contribution in [0.4, 0.5) is 8.78 Å². The van der Waals surface area contributed by atoms with Gasteiger partial charge in [-0.3, -0.25) is 4.99 Å². The molecule has 0 aromatic heterocycles. The van der Waals surface area contributed by atoms with Crippen molar-refractivity contribution in [3.05, 3.63) is 35.4 Å². The monoisotopic (exact) mass is 467 g/mol. The zero-order chi connectivity index (χ0) is 17.5. The van der Waals surface area contributed by atoms with E-state index in [9.17, 15) is 8.78 Å². The summed E-state index contributed by atoms with van der Waals surface area (Å²) in [7, 11) is 1.76. The minimum absolute atomic E-state index is 0. The Balaban J connectivity index is 0.00000312. The molecule has 0 amide bonds. The molecule has 142 valence electrons. The summed E-state index contributed by atoms with van der Waals surface area (Å²) in [5, 5.41) is 3.34. The van der Waals surface area contributed by atoms with Crippen LogP contribution in [0.2, 0.25) is 0 Å². The number of likely N-dealkylation sites (tertiary alicyclic amines) is 1. The van der Waals surface area contributed by atoms with E-state index in [1.165, 1.54) is 12.1 Å². The predicted molar refractivity (Wildman–Crippen MR) is 108 cm³/mol. The molecule has 25 heavy (non-hydrogen) atoms. The Bertz CT molecular complexity index is 571. The van der Waals surface area contributed by atoms with Crippen molar-refractivity contribution in [3.8, 4) is 0 Å². The van der Waals surface area contributed by atoms with Gasteiger partial charge in [0.2, 0.25) is 0 Å². The lowest BCUT2D eigenvalue weighted by Gasteiger charge is -2.23. The van der Waals surface area contributed by atoms with Crippen LogP contribution in [0, 0.1) is 17.6 Å². The van der Waals surface area contributed by atoms with Gasteiger partial charge in [-0.15, -0.1) is 24.0 Å². The van der Waals surface area contributed by atoms with Crippen LogP contribution in [0.15, 0.2) is 23.2 Å². The van der Waals surface area contributed by atoms with Gasteiger partial charge in [-0.1, -0.05) is 13.0 Å². The summed E-state index contributed by atoms with van der Waals surface area (Å²) < 4.78 is 31.9. The number of aliphatic imine (C=N–C) groups is 1. The maximum Gasteiger partial charge on any atom is 0.193 e. The van der Waals surface area contributed by atoms with Crippen LogP contribution >= 0.6 is 24.0 Å². The van der Waals surface area contributed by atoms with Crippen LogP contribution in [0.25, 0.3) is 0 Å². The SMILES string of the molecule is CCOCC1CCN(C(=NC)NCC(C)c2ccc(F)c(F)c2)C1.I. The van der Waals surface area contributed by atoms with E-state index >= 15 is 0 Å². The van der Waals surface area contributed by atoms with Gasteiger partial charge in [-0.05, 0) is 37.0 Å². The first-order valence-electron chi connectivity index (χ1n) is 8.53. The molecule has 1 N–H and O–H groups in total. The number of guanidine groups is 1. The molecule has 0 aliphatic carbocycles. The second kappa shape index (κ2) is 10.9. The Hall–Kier alpha value is -0.960. The van der Waals surface area contributed by atoms with Crippen LogP contribution in [0.3, 0.4) is 0 Å². The van der Waals surface area contributed by atoms with Crippen molar-refractivity contribution < 1.29 is 13.5 Å². The Morgan fingerprint density at radius 2 is 2.16 bits per heavy atom. The molecule has 1 aliphatic heterocycles. The Morgan fingerprint density at radius 1 is 1.40 bits per heavy atom.